The van der Waals surface area contributed by atoms with Crippen LogP contribution in [0.3, 0.4) is 0 Å². The molecule has 1 N–H and O–H groups in total. The van der Waals surface area contributed by atoms with E-state index in [1.54, 1.807) is 4.57 Å². The Balaban J connectivity index is 1.35. The van der Waals surface area contributed by atoms with Gasteiger partial charge in [-0.1, -0.05) is 42.1 Å². The van der Waals surface area contributed by atoms with E-state index < -0.39 is 0 Å². The van der Waals surface area contributed by atoms with Crippen LogP contribution in [-0.4, -0.2) is 21.2 Å². The lowest BCUT2D eigenvalue weighted by Crippen LogP contribution is -2.36. The Kier molecular flexibility index (Phi) is 3.86. The van der Waals surface area contributed by atoms with Gasteiger partial charge in [0.25, 0.3) is 5.56 Å². The van der Waals surface area contributed by atoms with Crippen LogP contribution >= 0.6 is 11.8 Å². The second-order valence-corrected chi connectivity index (χ2v) is 7.87. The molecule has 0 saturated carbocycles. The summed E-state index contributed by atoms with van der Waals surface area (Å²) in [4.78, 5) is 29.0. The summed E-state index contributed by atoms with van der Waals surface area (Å²) >= 11 is 1.45. The fourth-order valence-electron chi connectivity index (χ4n) is 3.78. The number of aromatic nitrogens is 2. The topological polar surface area (TPSA) is 64.0 Å². The second-order valence-electron chi connectivity index (χ2n) is 6.88. The van der Waals surface area contributed by atoms with E-state index in [-0.39, 0.29) is 17.4 Å². The fraction of sp³-hybridized carbons (Fsp3) is 0.190. The molecule has 0 spiro atoms. The van der Waals surface area contributed by atoms with Gasteiger partial charge in [-0.3, -0.25) is 14.2 Å². The standard InChI is InChI=1S/C21H17N3O2S/c25-19-7-8-22-21-24(19)11-15(12-27-21)20(26)23-16-5-6-18-14(10-16)9-13-3-1-2-4-17(13)18/h1-8,10,15H,9,11-12H2,(H,23,26). The van der Waals surface area contributed by atoms with Crippen LogP contribution in [0.25, 0.3) is 11.1 Å². The molecule has 6 heteroatoms. The van der Waals surface area contributed by atoms with Crippen LogP contribution in [0.15, 0.2) is 64.7 Å². The average Bonchev–Trinajstić information content (AvgIpc) is 3.06. The first kappa shape index (κ1) is 16.3. The lowest BCUT2D eigenvalue weighted by molar-refractivity contribution is -0.119. The summed E-state index contributed by atoms with van der Waals surface area (Å²) in [5.41, 5.74) is 5.77. The van der Waals surface area contributed by atoms with Crippen molar-refractivity contribution in [2.45, 2.75) is 18.1 Å². The SMILES string of the molecule is O=C(Nc1ccc2c(c1)Cc1ccccc1-2)C1CSc2nccc(=O)n2C1. The van der Waals surface area contributed by atoms with Gasteiger partial charge in [-0.15, -0.1) is 0 Å². The maximum Gasteiger partial charge on any atom is 0.254 e. The van der Waals surface area contributed by atoms with Crippen LogP contribution in [0.5, 0.6) is 0 Å². The normalized spacial score (nSPS) is 17.0. The molecule has 2 aromatic carbocycles. The van der Waals surface area contributed by atoms with E-state index in [4.69, 9.17) is 0 Å². The van der Waals surface area contributed by atoms with E-state index in [1.807, 2.05) is 6.07 Å². The van der Waals surface area contributed by atoms with Crippen molar-refractivity contribution in [2.24, 2.45) is 5.92 Å². The van der Waals surface area contributed by atoms with Crippen LogP contribution in [0.2, 0.25) is 0 Å². The Morgan fingerprint density at radius 3 is 2.89 bits per heavy atom. The first-order valence-electron chi connectivity index (χ1n) is 8.90. The summed E-state index contributed by atoms with van der Waals surface area (Å²) in [5.74, 6) is 0.313. The van der Waals surface area contributed by atoms with Gasteiger partial charge in [-0.25, -0.2) is 4.98 Å². The molecule has 5 rings (SSSR count). The maximum absolute atomic E-state index is 12.7. The summed E-state index contributed by atoms with van der Waals surface area (Å²) in [5, 5.41) is 3.71. The van der Waals surface area contributed by atoms with E-state index in [9.17, 15) is 9.59 Å². The number of hydrogen-bond acceptors (Lipinski definition) is 4. The zero-order chi connectivity index (χ0) is 18.4. The molecule has 1 aliphatic carbocycles. The van der Waals surface area contributed by atoms with Crippen molar-refractivity contribution in [3.05, 3.63) is 76.2 Å². The minimum absolute atomic E-state index is 0.0561. The van der Waals surface area contributed by atoms with Crippen LogP contribution < -0.4 is 10.9 Å². The van der Waals surface area contributed by atoms with Crippen molar-refractivity contribution in [2.75, 3.05) is 11.1 Å². The Hall–Kier alpha value is -2.86. The highest BCUT2D eigenvalue weighted by atomic mass is 32.2. The van der Waals surface area contributed by atoms with Gasteiger partial charge in [-0.05, 0) is 40.8 Å². The van der Waals surface area contributed by atoms with E-state index in [2.05, 4.69) is 46.7 Å². The van der Waals surface area contributed by atoms with E-state index >= 15 is 0 Å². The Morgan fingerprint density at radius 2 is 1.96 bits per heavy atom. The van der Waals surface area contributed by atoms with E-state index in [1.165, 1.54) is 46.3 Å². The third kappa shape index (κ3) is 2.86. The van der Waals surface area contributed by atoms with Crippen LogP contribution in [0.4, 0.5) is 5.69 Å². The molecular weight excluding hydrogens is 358 g/mol. The number of rotatable bonds is 2. The first-order valence-corrected chi connectivity index (χ1v) is 9.88. The number of amides is 1. The smallest absolute Gasteiger partial charge is 0.254 e. The van der Waals surface area contributed by atoms with Crippen LogP contribution in [0.1, 0.15) is 11.1 Å². The minimum Gasteiger partial charge on any atom is -0.326 e. The van der Waals surface area contributed by atoms with Gasteiger partial charge in [0, 0.05) is 30.2 Å². The Labute approximate surface area is 160 Å². The average molecular weight is 375 g/mol. The zero-order valence-electron chi connectivity index (χ0n) is 14.5. The van der Waals surface area contributed by atoms with Gasteiger partial charge < -0.3 is 5.32 Å². The summed E-state index contributed by atoms with van der Waals surface area (Å²) in [6, 6.07) is 15.9. The lowest BCUT2D eigenvalue weighted by Gasteiger charge is -2.23. The number of fused-ring (bicyclic) bond motifs is 4. The fourth-order valence-corrected chi connectivity index (χ4v) is 4.84. The molecule has 1 aliphatic heterocycles. The summed E-state index contributed by atoms with van der Waals surface area (Å²) in [6.45, 7) is 0.372. The Bertz CT molecular complexity index is 1120. The molecule has 0 saturated heterocycles. The van der Waals surface area contributed by atoms with Crippen molar-refractivity contribution < 1.29 is 4.79 Å². The van der Waals surface area contributed by atoms with Crippen molar-refractivity contribution in [1.82, 2.24) is 9.55 Å². The lowest BCUT2D eigenvalue weighted by atomic mass is 10.1. The number of carbonyl (C=O) groups is 1. The third-order valence-corrected chi connectivity index (χ3v) is 6.30. The number of benzene rings is 2. The van der Waals surface area contributed by atoms with Gasteiger partial charge in [0.15, 0.2) is 5.16 Å². The molecule has 134 valence electrons. The number of nitrogens with one attached hydrogen (secondary N) is 1. The van der Waals surface area contributed by atoms with Crippen LogP contribution in [0, 0.1) is 5.92 Å². The molecular formula is C21H17N3O2S. The van der Waals surface area contributed by atoms with Gasteiger partial charge >= 0.3 is 0 Å². The number of nitrogens with zero attached hydrogens (tertiary/aromatic N) is 2. The van der Waals surface area contributed by atoms with Gasteiger partial charge in [0.2, 0.25) is 5.91 Å². The van der Waals surface area contributed by atoms with E-state index in [0.29, 0.717) is 17.5 Å². The van der Waals surface area contributed by atoms with Gasteiger partial charge in [0.05, 0.1) is 5.92 Å². The molecule has 1 atom stereocenters. The van der Waals surface area contributed by atoms with Crippen molar-refractivity contribution in [1.29, 1.82) is 0 Å². The molecule has 27 heavy (non-hydrogen) atoms. The zero-order valence-corrected chi connectivity index (χ0v) is 15.3. The summed E-state index contributed by atoms with van der Waals surface area (Å²) in [7, 11) is 0. The monoisotopic (exact) mass is 375 g/mol. The van der Waals surface area contributed by atoms with Crippen molar-refractivity contribution >= 4 is 23.4 Å². The number of hydrogen-bond donors (Lipinski definition) is 1. The van der Waals surface area contributed by atoms with E-state index in [0.717, 1.165) is 12.1 Å². The molecule has 2 heterocycles. The Morgan fingerprint density at radius 1 is 1.11 bits per heavy atom. The first-order chi connectivity index (χ1) is 13.2. The molecule has 1 unspecified atom stereocenters. The predicted molar refractivity (Wildman–Crippen MR) is 106 cm³/mol. The second kappa shape index (κ2) is 6.39. The highest BCUT2D eigenvalue weighted by Gasteiger charge is 2.27. The highest BCUT2D eigenvalue weighted by molar-refractivity contribution is 7.99. The highest BCUT2D eigenvalue weighted by Crippen LogP contribution is 2.37. The van der Waals surface area contributed by atoms with Crippen molar-refractivity contribution in [3.63, 3.8) is 0 Å². The predicted octanol–water partition coefficient (Wildman–Crippen LogP) is 3.18. The van der Waals surface area contributed by atoms with Gasteiger partial charge in [-0.2, -0.15) is 0 Å². The van der Waals surface area contributed by atoms with Crippen molar-refractivity contribution in [3.8, 4) is 11.1 Å². The number of thioether (sulfide) groups is 1. The quantitative estimate of drug-likeness (QED) is 0.547. The van der Waals surface area contributed by atoms with Gasteiger partial charge in [0.1, 0.15) is 0 Å². The molecule has 0 fully saturated rings. The largest absolute Gasteiger partial charge is 0.326 e. The summed E-state index contributed by atoms with van der Waals surface area (Å²) < 4.78 is 1.58. The van der Waals surface area contributed by atoms with Crippen LogP contribution in [-0.2, 0) is 17.8 Å². The molecule has 3 aromatic rings. The maximum atomic E-state index is 12.7. The third-order valence-electron chi connectivity index (χ3n) is 5.15. The number of anilines is 1. The molecule has 1 aromatic heterocycles. The molecule has 0 bridgehead atoms. The molecule has 0 radical (unpaired) electrons. The minimum atomic E-state index is -0.255. The summed E-state index contributed by atoms with van der Waals surface area (Å²) in [6.07, 6.45) is 2.41. The molecule has 2 aliphatic rings. The molecule has 1 amide bonds. The molecule has 5 nitrogen and oxygen atoms in total. The number of carbonyl (C=O) groups excluding carboxylic acids is 1.